The van der Waals surface area contributed by atoms with Crippen molar-refractivity contribution < 1.29 is 18.8 Å². The predicted octanol–water partition coefficient (Wildman–Crippen LogP) is 6.73. The van der Waals surface area contributed by atoms with Crippen LogP contribution in [0.2, 0.25) is 0 Å². The smallest absolute Gasteiger partial charge is 0.199 e. The number of ketones is 1. The van der Waals surface area contributed by atoms with E-state index in [0.29, 0.717) is 45.1 Å². The van der Waals surface area contributed by atoms with Crippen molar-refractivity contribution in [3.05, 3.63) is 83.9 Å². The van der Waals surface area contributed by atoms with Crippen molar-refractivity contribution in [2.45, 2.75) is 26.2 Å². The van der Waals surface area contributed by atoms with Crippen molar-refractivity contribution in [2.24, 2.45) is 0 Å². The number of ether oxygens (including phenoxy) is 2. The Bertz CT molecular complexity index is 1320. The van der Waals surface area contributed by atoms with Gasteiger partial charge in [0.1, 0.15) is 18.1 Å². The van der Waals surface area contributed by atoms with Gasteiger partial charge in [-0.3, -0.25) is 9.69 Å². The molecule has 0 N–H and O–H groups in total. The van der Waals surface area contributed by atoms with Crippen molar-refractivity contribution in [2.75, 3.05) is 32.8 Å². The molecule has 0 radical (unpaired) electrons. The highest BCUT2D eigenvalue weighted by Gasteiger charge is 2.29. The largest absolute Gasteiger partial charge is 0.590 e. The Morgan fingerprint density at radius 2 is 1.61 bits per heavy atom. The molecule has 0 bridgehead atoms. The highest BCUT2D eigenvalue weighted by molar-refractivity contribution is 7.35. The molecule has 1 aliphatic rings. The molecule has 1 aromatic heterocycles. The number of thiophene rings is 1. The third-order valence-corrected chi connectivity index (χ3v) is 8.11. The number of carbonyl (C=O) groups excluding carboxylic acids is 1. The van der Waals surface area contributed by atoms with E-state index >= 15 is 0 Å². The number of nitrogens with zero attached hydrogens (tertiary/aromatic N) is 1. The van der Waals surface area contributed by atoms with Crippen LogP contribution in [-0.4, -0.2) is 48.1 Å². The normalized spacial score (nSPS) is 14.3. The number of rotatable bonds is 10. The number of hydrogen-bond donors (Lipinski definition) is 0. The molecule has 2 heterocycles. The van der Waals surface area contributed by atoms with Crippen molar-refractivity contribution in [1.29, 1.82) is 0 Å². The molecule has 0 spiro atoms. The highest BCUT2D eigenvalue weighted by atomic mass is 32.2. The summed E-state index contributed by atoms with van der Waals surface area (Å²) in [5.74, 6) is 1.27. The lowest BCUT2D eigenvalue weighted by molar-refractivity contribution is 0.104. The lowest BCUT2D eigenvalue weighted by atomic mass is 9.97. The van der Waals surface area contributed by atoms with Crippen LogP contribution in [0.25, 0.3) is 20.5 Å². The molecule has 1 aliphatic heterocycles. The minimum absolute atomic E-state index is 0.146. The van der Waals surface area contributed by atoms with E-state index in [-0.39, 0.29) is 5.78 Å². The Hall–Kier alpha value is -3.19. The van der Waals surface area contributed by atoms with Crippen LogP contribution in [0.3, 0.4) is 0 Å². The number of carbonyl (C=O) groups is 1. The van der Waals surface area contributed by atoms with Crippen LogP contribution >= 0.6 is 10.8 Å². The molecule has 5 rings (SSSR count). The van der Waals surface area contributed by atoms with Crippen molar-refractivity contribution in [1.82, 2.24) is 4.90 Å². The molecule has 5 nitrogen and oxygen atoms in total. The Labute approximate surface area is 215 Å². The van der Waals surface area contributed by atoms with E-state index < -0.39 is 10.8 Å². The second kappa shape index (κ2) is 11.2. The number of fused-ring (bicyclic) bond motifs is 1. The first-order chi connectivity index (χ1) is 17.7. The minimum Gasteiger partial charge on any atom is -0.590 e. The molecule has 0 saturated carbocycles. The summed E-state index contributed by atoms with van der Waals surface area (Å²) in [6.45, 7) is 6.46. The summed E-state index contributed by atoms with van der Waals surface area (Å²) in [6, 6.07) is 22.3. The summed E-state index contributed by atoms with van der Waals surface area (Å²) < 4.78 is 26.0. The summed E-state index contributed by atoms with van der Waals surface area (Å²) in [6.07, 6.45) is 3.41. The summed E-state index contributed by atoms with van der Waals surface area (Å²) in [5, 5.41) is 0.701. The lowest BCUT2D eigenvalue weighted by Gasteiger charge is -2.15. The van der Waals surface area contributed by atoms with Crippen LogP contribution in [0.5, 0.6) is 11.5 Å². The summed E-state index contributed by atoms with van der Waals surface area (Å²) in [4.78, 5) is 16.8. The van der Waals surface area contributed by atoms with Crippen molar-refractivity contribution in [3.8, 4) is 21.9 Å². The molecule has 6 heteroatoms. The second-order valence-electron chi connectivity index (χ2n) is 9.10. The van der Waals surface area contributed by atoms with Crippen LogP contribution in [0.4, 0.5) is 0 Å². The van der Waals surface area contributed by atoms with E-state index in [1.807, 2.05) is 67.6 Å². The van der Waals surface area contributed by atoms with Gasteiger partial charge in [-0.05, 0) is 91.6 Å². The first-order valence-electron chi connectivity index (χ1n) is 12.6. The average Bonchev–Trinajstić information content (AvgIpc) is 3.54. The second-order valence-corrected chi connectivity index (χ2v) is 10.5. The van der Waals surface area contributed by atoms with Gasteiger partial charge in [-0.2, -0.15) is 0 Å². The fourth-order valence-electron chi connectivity index (χ4n) is 4.71. The zero-order valence-electron chi connectivity index (χ0n) is 20.6. The summed E-state index contributed by atoms with van der Waals surface area (Å²) >= 11 is 0. The molecule has 4 aromatic rings. The summed E-state index contributed by atoms with van der Waals surface area (Å²) in [5.41, 5.74) is 1.81. The van der Waals surface area contributed by atoms with E-state index in [4.69, 9.17) is 9.47 Å². The number of hydrogen-bond acceptors (Lipinski definition) is 5. The van der Waals surface area contributed by atoms with E-state index in [1.54, 1.807) is 12.1 Å². The predicted molar refractivity (Wildman–Crippen MR) is 145 cm³/mol. The molecule has 0 amide bonds. The quantitative estimate of drug-likeness (QED) is 0.178. The Morgan fingerprint density at radius 3 is 2.33 bits per heavy atom. The topological polar surface area (TPSA) is 61.8 Å². The average molecular weight is 502 g/mol. The van der Waals surface area contributed by atoms with Crippen LogP contribution in [0.1, 0.15) is 42.1 Å². The first-order valence-corrected chi connectivity index (χ1v) is 13.8. The van der Waals surface area contributed by atoms with E-state index in [2.05, 4.69) is 4.90 Å². The third-order valence-electron chi connectivity index (χ3n) is 6.56. The van der Waals surface area contributed by atoms with Gasteiger partial charge in [-0.25, -0.2) is 0 Å². The Morgan fingerprint density at radius 1 is 0.917 bits per heavy atom. The maximum Gasteiger partial charge on any atom is 0.199 e. The standard InChI is InChI=1S/C30H31NO4S/c1-2-19-34-25-14-15-26-27(21-25)36(33)30(23-8-4-3-5-9-23)28(26)29(32)22-10-12-24(13-11-22)35-20-18-31-16-6-7-17-31/h3-5,8-15,21H,2,6-7,16-20H2,1H3. The van der Waals surface area contributed by atoms with Gasteiger partial charge in [0.2, 0.25) is 0 Å². The van der Waals surface area contributed by atoms with Gasteiger partial charge >= 0.3 is 0 Å². The van der Waals surface area contributed by atoms with Gasteiger partial charge in [0, 0.05) is 23.7 Å². The van der Waals surface area contributed by atoms with E-state index in [1.165, 1.54) is 12.8 Å². The van der Waals surface area contributed by atoms with Crippen LogP contribution in [0.15, 0.2) is 72.8 Å². The monoisotopic (exact) mass is 501 g/mol. The van der Waals surface area contributed by atoms with Gasteiger partial charge in [0.25, 0.3) is 0 Å². The molecule has 186 valence electrons. The first kappa shape index (κ1) is 24.5. The van der Waals surface area contributed by atoms with Crippen LogP contribution < -0.4 is 9.47 Å². The van der Waals surface area contributed by atoms with Crippen molar-refractivity contribution >= 4 is 26.6 Å². The zero-order valence-corrected chi connectivity index (χ0v) is 21.4. The van der Waals surface area contributed by atoms with Gasteiger partial charge in [0.05, 0.1) is 17.6 Å². The molecule has 1 unspecified atom stereocenters. The molecule has 3 aromatic carbocycles. The van der Waals surface area contributed by atoms with E-state index in [9.17, 15) is 9.35 Å². The fourth-order valence-corrected chi connectivity index (χ4v) is 6.26. The molecular formula is C30H31NO4S. The maximum absolute atomic E-state index is 13.8. The van der Waals surface area contributed by atoms with Crippen LogP contribution in [-0.2, 0) is 0 Å². The minimum atomic E-state index is -1.49. The van der Waals surface area contributed by atoms with Gasteiger partial charge in [0.15, 0.2) is 15.4 Å². The molecule has 0 aliphatic carbocycles. The van der Waals surface area contributed by atoms with Crippen LogP contribution in [0, 0.1) is 0 Å². The van der Waals surface area contributed by atoms with E-state index in [0.717, 1.165) is 37.4 Å². The molecular weight excluding hydrogens is 470 g/mol. The maximum atomic E-state index is 13.8. The fraction of sp³-hybridized carbons (Fsp3) is 0.300. The Kier molecular flexibility index (Phi) is 7.66. The van der Waals surface area contributed by atoms with Gasteiger partial charge < -0.3 is 14.0 Å². The molecule has 36 heavy (non-hydrogen) atoms. The molecule has 1 fully saturated rings. The zero-order chi connectivity index (χ0) is 24.9. The Balaban J connectivity index is 1.45. The highest BCUT2D eigenvalue weighted by Crippen LogP contribution is 2.46. The summed E-state index contributed by atoms with van der Waals surface area (Å²) in [7, 11) is -1.49. The van der Waals surface area contributed by atoms with Gasteiger partial charge in [-0.15, -0.1) is 0 Å². The number of likely N-dealkylation sites (tertiary alicyclic amines) is 1. The van der Waals surface area contributed by atoms with Crippen molar-refractivity contribution in [3.63, 3.8) is 0 Å². The van der Waals surface area contributed by atoms with Gasteiger partial charge in [-0.1, -0.05) is 25.1 Å². The lowest BCUT2D eigenvalue weighted by Crippen LogP contribution is -2.25. The SMILES string of the molecule is CCCOc1ccc2c(C(=O)c3ccc(OCCN4CCCC4)cc3)c(-c3ccccc3)[s+]([O-])c2c1. The number of benzene rings is 3. The molecule has 1 atom stereocenters. The third kappa shape index (κ3) is 5.16. The molecule has 1 saturated heterocycles.